The highest BCUT2D eigenvalue weighted by atomic mass is 32.1. The molecule has 0 amide bonds. The molecule has 0 radical (unpaired) electrons. The van der Waals surface area contributed by atoms with E-state index in [1.165, 1.54) is 30.6 Å². The maximum Gasteiger partial charge on any atom is 0.0794 e. The Labute approximate surface area is 76.8 Å². The van der Waals surface area contributed by atoms with E-state index in [1.807, 2.05) is 11.7 Å². The van der Waals surface area contributed by atoms with Crippen LogP contribution in [-0.4, -0.2) is 11.0 Å². The zero-order valence-corrected chi connectivity index (χ0v) is 7.89. The molecule has 1 aliphatic carbocycles. The molecule has 1 fully saturated rings. The van der Waals surface area contributed by atoms with Crippen LogP contribution in [0.3, 0.4) is 0 Å². The first-order chi connectivity index (χ1) is 5.88. The number of hydrogen-bond donors (Lipinski definition) is 1. The van der Waals surface area contributed by atoms with Gasteiger partial charge in [-0.3, -0.25) is 4.98 Å². The largest absolute Gasteiger partial charge is 0.327 e. The van der Waals surface area contributed by atoms with Crippen LogP contribution in [0.4, 0.5) is 0 Å². The molecule has 1 heterocycles. The smallest absolute Gasteiger partial charge is 0.0794 e. The summed E-state index contributed by atoms with van der Waals surface area (Å²) in [5, 5.41) is 0. The van der Waals surface area contributed by atoms with Gasteiger partial charge in [0.15, 0.2) is 0 Å². The number of thiazole rings is 1. The third kappa shape index (κ3) is 1.52. The molecule has 1 aliphatic rings. The second-order valence-electron chi connectivity index (χ2n) is 3.46. The van der Waals surface area contributed by atoms with Crippen molar-refractivity contribution in [3.05, 3.63) is 16.6 Å². The van der Waals surface area contributed by atoms with Gasteiger partial charge < -0.3 is 5.73 Å². The number of nitrogens with zero attached hydrogens (tertiary/aromatic N) is 1. The molecule has 1 aromatic heterocycles. The zero-order chi connectivity index (χ0) is 8.39. The second kappa shape index (κ2) is 3.54. The number of rotatable bonds is 1. The van der Waals surface area contributed by atoms with E-state index in [2.05, 4.69) is 4.98 Å². The normalized spacial score (nSPS) is 30.4. The Kier molecular flexibility index (Phi) is 2.42. The fourth-order valence-electron chi connectivity index (χ4n) is 1.92. The SMILES string of the molecule is NC1CCCCC1c1cncs1. The van der Waals surface area contributed by atoms with E-state index in [0.717, 1.165) is 0 Å². The lowest BCUT2D eigenvalue weighted by molar-refractivity contribution is 0.389. The Morgan fingerprint density at radius 2 is 2.25 bits per heavy atom. The van der Waals surface area contributed by atoms with E-state index in [4.69, 9.17) is 5.73 Å². The van der Waals surface area contributed by atoms with Gasteiger partial charge in [0.25, 0.3) is 0 Å². The predicted octanol–water partition coefficient (Wildman–Crippen LogP) is 2.13. The van der Waals surface area contributed by atoms with Crippen molar-refractivity contribution in [2.24, 2.45) is 5.73 Å². The van der Waals surface area contributed by atoms with E-state index < -0.39 is 0 Å². The first-order valence-electron chi connectivity index (χ1n) is 4.52. The molecule has 0 aliphatic heterocycles. The molecule has 0 bridgehead atoms. The molecular formula is C9H14N2S. The summed E-state index contributed by atoms with van der Waals surface area (Å²) in [6.07, 6.45) is 7.04. The van der Waals surface area contributed by atoms with Gasteiger partial charge in [-0.05, 0) is 12.8 Å². The van der Waals surface area contributed by atoms with Crippen molar-refractivity contribution in [2.75, 3.05) is 0 Å². The fourth-order valence-corrected chi connectivity index (χ4v) is 2.75. The maximum atomic E-state index is 6.05. The topological polar surface area (TPSA) is 38.9 Å². The summed E-state index contributed by atoms with van der Waals surface area (Å²) in [6, 6.07) is 0.374. The fraction of sp³-hybridized carbons (Fsp3) is 0.667. The van der Waals surface area contributed by atoms with Gasteiger partial charge in [0, 0.05) is 23.0 Å². The van der Waals surface area contributed by atoms with Crippen LogP contribution in [0.5, 0.6) is 0 Å². The van der Waals surface area contributed by atoms with Crippen LogP contribution >= 0.6 is 11.3 Å². The van der Waals surface area contributed by atoms with Gasteiger partial charge in [0.2, 0.25) is 0 Å². The highest BCUT2D eigenvalue weighted by Gasteiger charge is 2.23. The van der Waals surface area contributed by atoms with Gasteiger partial charge in [0.05, 0.1) is 5.51 Å². The predicted molar refractivity (Wildman–Crippen MR) is 51.3 cm³/mol. The van der Waals surface area contributed by atoms with Crippen LogP contribution in [0.15, 0.2) is 11.7 Å². The molecule has 2 rings (SSSR count). The standard InChI is InChI=1S/C9H14N2S/c10-8-4-2-1-3-7(8)9-5-11-6-12-9/h5-8H,1-4,10H2. The molecule has 2 N–H and O–H groups in total. The molecule has 0 aromatic carbocycles. The van der Waals surface area contributed by atoms with E-state index >= 15 is 0 Å². The number of aromatic nitrogens is 1. The van der Waals surface area contributed by atoms with Crippen molar-refractivity contribution < 1.29 is 0 Å². The lowest BCUT2D eigenvalue weighted by Crippen LogP contribution is -2.30. The molecule has 2 atom stereocenters. The van der Waals surface area contributed by atoms with Crippen molar-refractivity contribution in [1.29, 1.82) is 0 Å². The van der Waals surface area contributed by atoms with Crippen LogP contribution in [0.2, 0.25) is 0 Å². The molecule has 0 saturated heterocycles. The van der Waals surface area contributed by atoms with Crippen LogP contribution in [-0.2, 0) is 0 Å². The van der Waals surface area contributed by atoms with E-state index in [9.17, 15) is 0 Å². The molecule has 2 unspecified atom stereocenters. The zero-order valence-electron chi connectivity index (χ0n) is 7.07. The van der Waals surface area contributed by atoms with Gasteiger partial charge in [-0.15, -0.1) is 11.3 Å². The Balaban J connectivity index is 2.11. The molecule has 12 heavy (non-hydrogen) atoms. The summed E-state index contributed by atoms with van der Waals surface area (Å²) in [7, 11) is 0. The summed E-state index contributed by atoms with van der Waals surface area (Å²) >= 11 is 1.74. The lowest BCUT2D eigenvalue weighted by Gasteiger charge is -2.27. The van der Waals surface area contributed by atoms with Gasteiger partial charge in [-0.2, -0.15) is 0 Å². The highest BCUT2D eigenvalue weighted by molar-refractivity contribution is 7.09. The molecule has 1 saturated carbocycles. The third-order valence-electron chi connectivity index (χ3n) is 2.64. The maximum absolute atomic E-state index is 6.05. The van der Waals surface area contributed by atoms with Crippen LogP contribution in [0, 0.1) is 0 Å². The minimum absolute atomic E-state index is 0.374. The summed E-state index contributed by atoms with van der Waals surface area (Å²) in [4.78, 5) is 5.47. The number of nitrogens with two attached hydrogens (primary N) is 1. The van der Waals surface area contributed by atoms with Crippen molar-refractivity contribution in [2.45, 2.75) is 37.6 Å². The third-order valence-corrected chi connectivity index (χ3v) is 3.54. The minimum atomic E-state index is 0.374. The second-order valence-corrected chi connectivity index (χ2v) is 4.38. The van der Waals surface area contributed by atoms with E-state index in [-0.39, 0.29) is 0 Å². The molecule has 2 nitrogen and oxygen atoms in total. The molecule has 1 aromatic rings. The Morgan fingerprint density at radius 3 is 2.92 bits per heavy atom. The average molecular weight is 182 g/mol. The van der Waals surface area contributed by atoms with Gasteiger partial charge >= 0.3 is 0 Å². The summed E-state index contributed by atoms with van der Waals surface area (Å²) in [5.74, 6) is 0.589. The molecule has 0 spiro atoms. The van der Waals surface area contributed by atoms with Crippen molar-refractivity contribution in [1.82, 2.24) is 4.98 Å². The van der Waals surface area contributed by atoms with Crippen molar-refractivity contribution >= 4 is 11.3 Å². The summed E-state index contributed by atoms with van der Waals surface area (Å²) in [6.45, 7) is 0. The molecule has 3 heteroatoms. The van der Waals surface area contributed by atoms with Gasteiger partial charge in [-0.1, -0.05) is 12.8 Å². The van der Waals surface area contributed by atoms with Crippen molar-refractivity contribution in [3.63, 3.8) is 0 Å². The first-order valence-corrected chi connectivity index (χ1v) is 5.40. The quantitative estimate of drug-likeness (QED) is 0.722. The Morgan fingerprint density at radius 1 is 1.42 bits per heavy atom. The summed E-state index contributed by atoms with van der Waals surface area (Å²) in [5.41, 5.74) is 7.95. The van der Waals surface area contributed by atoms with Crippen LogP contribution in [0.1, 0.15) is 36.5 Å². The van der Waals surface area contributed by atoms with Gasteiger partial charge in [-0.25, -0.2) is 0 Å². The van der Waals surface area contributed by atoms with Crippen LogP contribution in [0.25, 0.3) is 0 Å². The average Bonchev–Trinajstić information content (AvgIpc) is 2.57. The van der Waals surface area contributed by atoms with E-state index in [1.54, 1.807) is 11.3 Å². The number of hydrogen-bond acceptors (Lipinski definition) is 3. The molecular weight excluding hydrogens is 168 g/mol. The highest BCUT2D eigenvalue weighted by Crippen LogP contribution is 2.33. The lowest BCUT2D eigenvalue weighted by atomic mass is 9.84. The van der Waals surface area contributed by atoms with Gasteiger partial charge in [0.1, 0.15) is 0 Å². The Bertz CT molecular complexity index is 233. The Hall–Kier alpha value is -0.410. The minimum Gasteiger partial charge on any atom is -0.327 e. The molecule has 66 valence electrons. The van der Waals surface area contributed by atoms with Crippen LogP contribution < -0.4 is 5.73 Å². The van der Waals surface area contributed by atoms with Crippen molar-refractivity contribution in [3.8, 4) is 0 Å². The van der Waals surface area contributed by atoms with E-state index in [0.29, 0.717) is 12.0 Å². The summed E-state index contributed by atoms with van der Waals surface area (Å²) < 4.78 is 0. The monoisotopic (exact) mass is 182 g/mol. The first kappa shape index (κ1) is 8.20.